The van der Waals surface area contributed by atoms with Crippen molar-refractivity contribution in [1.82, 2.24) is 15.0 Å². The highest BCUT2D eigenvalue weighted by molar-refractivity contribution is 5.26. The summed E-state index contributed by atoms with van der Waals surface area (Å²) < 4.78 is 5.33. The van der Waals surface area contributed by atoms with Crippen molar-refractivity contribution in [3.05, 3.63) is 12.3 Å². The van der Waals surface area contributed by atoms with Gasteiger partial charge in [0.25, 0.3) is 0 Å². The molecule has 0 spiro atoms. The van der Waals surface area contributed by atoms with Gasteiger partial charge in [0.05, 0.1) is 6.61 Å². The van der Waals surface area contributed by atoms with Crippen LogP contribution in [0.1, 0.15) is 26.2 Å². The molecule has 0 unspecified atom stereocenters. The van der Waals surface area contributed by atoms with Gasteiger partial charge in [-0.2, -0.15) is 4.98 Å². The van der Waals surface area contributed by atoms with Crippen LogP contribution in [0.3, 0.4) is 0 Å². The molecule has 1 aromatic heterocycles. The second-order valence-electron chi connectivity index (χ2n) is 3.81. The van der Waals surface area contributed by atoms with Gasteiger partial charge in [-0.15, -0.1) is 0 Å². The van der Waals surface area contributed by atoms with Gasteiger partial charge in [-0.3, -0.25) is 5.43 Å². The van der Waals surface area contributed by atoms with E-state index in [2.05, 4.69) is 20.4 Å². The SMILES string of the molecule is CCOc1ccnc(NN2CCCCC2)n1. The maximum atomic E-state index is 5.33. The molecule has 16 heavy (non-hydrogen) atoms. The fourth-order valence-electron chi connectivity index (χ4n) is 1.77. The van der Waals surface area contributed by atoms with E-state index in [0.717, 1.165) is 13.1 Å². The van der Waals surface area contributed by atoms with Crippen LogP contribution in [0.15, 0.2) is 12.3 Å². The first-order valence-electron chi connectivity index (χ1n) is 5.86. The molecule has 1 aliphatic heterocycles. The van der Waals surface area contributed by atoms with E-state index in [9.17, 15) is 0 Å². The van der Waals surface area contributed by atoms with E-state index in [-0.39, 0.29) is 0 Å². The van der Waals surface area contributed by atoms with Crippen molar-refractivity contribution in [3.8, 4) is 5.88 Å². The van der Waals surface area contributed by atoms with Crippen molar-refractivity contribution in [3.63, 3.8) is 0 Å². The standard InChI is InChI=1S/C11H18N4O/c1-2-16-10-6-7-12-11(13-10)14-15-8-4-3-5-9-15/h6-7H,2-5,8-9H2,1H3,(H,12,13,14). The molecule has 1 N–H and O–H groups in total. The van der Waals surface area contributed by atoms with Crippen molar-refractivity contribution >= 4 is 5.95 Å². The van der Waals surface area contributed by atoms with Crippen LogP contribution >= 0.6 is 0 Å². The quantitative estimate of drug-likeness (QED) is 0.840. The van der Waals surface area contributed by atoms with E-state index in [1.807, 2.05) is 6.92 Å². The number of ether oxygens (including phenoxy) is 1. The van der Waals surface area contributed by atoms with Crippen LogP contribution in [0.4, 0.5) is 5.95 Å². The van der Waals surface area contributed by atoms with Crippen LogP contribution in [-0.2, 0) is 0 Å². The van der Waals surface area contributed by atoms with E-state index >= 15 is 0 Å². The predicted octanol–water partition coefficient (Wildman–Crippen LogP) is 1.69. The Morgan fingerprint density at radius 1 is 1.38 bits per heavy atom. The average molecular weight is 222 g/mol. The number of aromatic nitrogens is 2. The summed E-state index contributed by atoms with van der Waals surface area (Å²) in [5.41, 5.74) is 3.21. The van der Waals surface area contributed by atoms with Crippen molar-refractivity contribution in [1.29, 1.82) is 0 Å². The van der Waals surface area contributed by atoms with Gasteiger partial charge in [0.1, 0.15) is 0 Å². The number of hydrogen-bond acceptors (Lipinski definition) is 5. The molecule has 1 aromatic rings. The summed E-state index contributed by atoms with van der Waals surface area (Å²) in [4.78, 5) is 8.44. The van der Waals surface area contributed by atoms with Crippen LogP contribution in [-0.4, -0.2) is 34.7 Å². The van der Waals surface area contributed by atoms with Gasteiger partial charge in [-0.05, 0) is 19.8 Å². The van der Waals surface area contributed by atoms with Gasteiger partial charge < -0.3 is 4.74 Å². The highest BCUT2D eigenvalue weighted by atomic mass is 16.5. The Labute approximate surface area is 95.8 Å². The van der Waals surface area contributed by atoms with Crippen LogP contribution in [0.5, 0.6) is 5.88 Å². The lowest BCUT2D eigenvalue weighted by Crippen LogP contribution is -2.35. The van der Waals surface area contributed by atoms with Gasteiger partial charge in [0.2, 0.25) is 11.8 Å². The number of nitrogens with zero attached hydrogens (tertiary/aromatic N) is 3. The summed E-state index contributed by atoms with van der Waals surface area (Å²) in [5.74, 6) is 1.24. The molecule has 5 nitrogen and oxygen atoms in total. The minimum absolute atomic E-state index is 0.618. The lowest BCUT2D eigenvalue weighted by atomic mass is 10.2. The second-order valence-corrected chi connectivity index (χ2v) is 3.81. The zero-order chi connectivity index (χ0) is 11.2. The maximum Gasteiger partial charge on any atom is 0.240 e. The minimum Gasteiger partial charge on any atom is -0.478 e. The molecule has 1 saturated heterocycles. The zero-order valence-corrected chi connectivity index (χ0v) is 9.65. The van der Waals surface area contributed by atoms with Crippen LogP contribution in [0.25, 0.3) is 0 Å². The normalized spacial score (nSPS) is 17.1. The molecule has 0 aromatic carbocycles. The number of hydrogen-bond donors (Lipinski definition) is 1. The molecule has 0 bridgehead atoms. The number of rotatable bonds is 4. The summed E-state index contributed by atoms with van der Waals surface area (Å²) in [6.45, 7) is 4.68. The van der Waals surface area contributed by atoms with Gasteiger partial charge in [-0.1, -0.05) is 6.42 Å². The summed E-state index contributed by atoms with van der Waals surface area (Å²) in [5, 5.41) is 2.16. The van der Waals surface area contributed by atoms with E-state index in [4.69, 9.17) is 4.74 Å². The molecule has 0 saturated carbocycles. The van der Waals surface area contributed by atoms with E-state index in [0.29, 0.717) is 18.4 Å². The van der Waals surface area contributed by atoms with Crippen molar-refractivity contribution in [2.24, 2.45) is 0 Å². The van der Waals surface area contributed by atoms with Crippen LogP contribution in [0.2, 0.25) is 0 Å². The first-order chi connectivity index (χ1) is 7.88. The highest BCUT2D eigenvalue weighted by Gasteiger charge is 2.10. The predicted molar refractivity (Wildman–Crippen MR) is 62.2 cm³/mol. The van der Waals surface area contributed by atoms with Crippen molar-refractivity contribution < 1.29 is 4.74 Å². The summed E-state index contributed by atoms with van der Waals surface area (Å²) >= 11 is 0. The molecule has 88 valence electrons. The molecule has 0 amide bonds. The monoisotopic (exact) mass is 222 g/mol. The molecule has 5 heteroatoms. The first-order valence-corrected chi connectivity index (χ1v) is 5.86. The molecular weight excluding hydrogens is 204 g/mol. The van der Waals surface area contributed by atoms with Crippen LogP contribution < -0.4 is 10.2 Å². The summed E-state index contributed by atoms with van der Waals surface area (Å²) in [6, 6.07) is 1.77. The molecule has 2 heterocycles. The highest BCUT2D eigenvalue weighted by Crippen LogP contribution is 2.12. The Balaban J connectivity index is 1.94. The molecule has 1 fully saturated rings. The van der Waals surface area contributed by atoms with Gasteiger partial charge in [0, 0.05) is 25.4 Å². The van der Waals surface area contributed by atoms with E-state index in [1.54, 1.807) is 12.3 Å². The van der Waals surface area contributed by atoms with Crippen LogP contribution in [0, 0.1) is 0 Å². The summed E-state index contributed by atoms with van der Waals surface area (Å²) in [7, 11) is 0. The van der Waals surface area contributed by atoms with Gasteiger partial charge in [0.15, 0.2) is 0 Å². The molecule has 0 atom stereocenters. The maximum absolute atomic E-state index is 5.33. The van der Waals surface area contributed by atoms with E-state index < -0.39 is 0 Å². The van der Waals surface area contributed by atoms with E-state index in [1.165, 1.54) is 19.3 Å². The number of piperidine rings is 1. The second kappa shape index (κ2) is 5.65. The largest absolute Gasteiger partial charge is 0.478 e. The molecule has 0 aliphatic carbocycles. The average Bonchev–Trinajstić information content (AvgIpc) is 2.31. The van der Waals surface area contributed by atoms with Gasteiger partial charge in [-0.25, -0.2) is 9.99 Å². The third kappa shape index (κ3) is 3.06. The molecule has 1 aliphatic rings. The molecular formula is C11H18N4O. The Kier molecular flexibility index (Phi) is 3.93. The number of nitrogens with one attached hydrogen (secondary N) is 1. The first kappa shape index (κ1) is 11.1. The fraction of sp³-hybridized carbons (Fsp3) is 0.636. The fourth-order valence-corrected chi connectivity index (χ4v) is 1.77. The minimum atomic E-state index is 0.618. The lowest BCUT2D eigenvalue weighted by Gasteiger charge is -2.26. The van der Waals surface area contributed by atoms with Crippen molar-refractivity contribution in [2.75, 3.05) is 25.1 Å². The van der Waals surface area contributed by atoms with Crippen molar-refractivity contribution in [2.45, 2.75) is 26.2 Å². The third-order valence-electron chi connectivity index (χ3n) is 2.54. The topological polar surface area (TPSA) is 50.3 Å². The Morgan fingerprint density at radius 3 is 2.94 bits per heavy atom. The third-order valence-corrected chi connectivity index (χ3v) is 2.54. The summed E-state index contributed by atoms with van der Waals surface area (Å²) in [6.07, 6.45) is 5.50. The molecule has 0 radical (unpaired) electrons. The number of hydrazine groups is 1. The Hall–Kier alpha value is -1.36. The number of anilines is 1. The zero-order valence-electron chi connectivity index (χ0n) is 9.65. The Morgan fingerprint density at radius 2 is 2.19 bits per heavy atom. The smallest absolute Gasteiger partial charge is 0.240 e. The Bertz CT molecular complexity index is 326. The van der Waals surface area contributed by atoms with Gasteiger partial charge >= 0.3 is 0 Å². The molecule has 2 rings (SSSR count). The lowest BCUT2D eigenvalue weighted by molar-refractivity contribution is 0.269.